The summed E-state index contributed by atoms with van der Waals surface area (Å²) < 4.78 is 0. The van der Waals surface area contributed by atoms with Crippen molar-refractivity contribution in [1.82, 2.24) is 10.2 Å². The standard InChI is InChI=1S/C12H25N3O.2ClH/c1-4-5-10(13)12(16)14-8-11(15(2)3)9-6-7-9;;/h9-11H,4-8,13H2,1-3H3,(H,14,16);2*1H. The Hall–Kier alpha value is -0.0300. The molecule has 0 aromatic heterocycles. The van der Waals surface area contributed by atoms with Crippen molar-refractivity contribution in [3.63, 3.8) is 0 Å². The molecular formula is C12H27Cl2N3O. The predicted molar refractivity (Wildman–Crippen MR) is 80.6 cm³/mol. The van der Waals surface area contributed by atoms with Crippen LogP contribution in [0.1, 0.15) is 32.6 Å². The molecule has 1 aliphatic carbocycles. The summed E-state index contributed by atoms with van der Waals surface area (Å²) in [6.07, 6.45) is 4.30. The lowest BCUT2D eigenvalue weighted by atomic mass is 10.1. The number of amides is 1. The molecule has 110 valence electrons. The van der Waals surface area contributed by atoms with Gasteiger partial charge in [-0.3, -0.25) is 4.79 Å². The van der Waals surface area contributed by atoms with Crippen molar-refractivity contribution in [3.8, 4) is 0 Å². The second-order valence-corrected chi connectivity index (χ2v) is 5.01. The Morgan fingerprint density at radius 1 is 1.39 bits per heavy atom. The zero-order valence-corrected chi connectivity index (χ0v) is 13.1. The molecule has 4 nitrogen and oxygen atoms in total. The second-order valence-electron chi connectivity index (χ2n) is 5.01. The molecule has 1 amide bonds. The van der Waals surface area contributed by atoms with E-state index in [0.29, 0.717) is 6.04 Å². The van der Waals surface area contributed by atoms with Crippen LogP contribution in [-0.2, 0) is 4.79 Å². The Labute approximate surface area is 123 Å². The van der Waals surface area contributed by atoms with Gasteiger partial charge < -0.3 is 16.0 Å². The minimum Gasteiger partial charge on any atom is -0.353 e. The number of carbonyl (C=O) groups excluding carboxylic acids is 1. The number of nitrogens with two attached hydrogens (primary N) is 1. The van der Waals surface area contributed by atoms with Gasteiger partial charge in [0.1, 0.15) is 0 Å². The lowest BCUT2D eigenvalue weighted by Crippen LogP contribution is -2.47. The van der Waals surface area contributed by atoms with Crippen LogP contribution in [0.25, 0.3) is 0 Å². The third-order valence-electron chi connectivity index (χ3n) is 3.25. The molecule has 1 fully saturated rings. The van der Waals surface area contributed by atoms with E-state index in [1.807, 2.05) is 6.92 Å². The quantitative estimate of drug-likeness (QED) is 0.747. The maximum Gasteiger partial charge on any atom is 0.236 e. The Kier molecular flexibility index (Phi) is 11.1. The van der Waals surface area contributed by atoms with Crippen LogP contribution in [0.4, 0.5) is 0 Å². The summed E-state index contributed by atoms with van der Waals surface area (Å²) in [6.45, 7) is 2.77. The smallest absolute Gasteiger partial charge is 0.236 e. The average molecular weight is 300 g/mol. The summed E-state index contributed by atoms with van der Waals surface area (Å²) in [5.74, 6) is 0.757. The molecule has 1 rings (SSSR count). The fourth-order valence-corrected chi connectivity index (χ4v) is 2.03. The van der Waals surface area contributed by atoms with Crippen molar-refractivity contribution < 1.29 is 4.79 Å². The molecule has 1 aliphatic rings. The summed E-state index contributed by atoms with van der Waals surface area (Å²) in [5, 5.41) is 2.96. The summed E-state index contributed by atoms with van der Waals surface area (Å²) in [6, 6.07) is 0.129. The van der Waals surface area contributed by atoms with Gasteiger partial charge in [0.25, 0.3) is 0 Å². The first-order valence-corrected chi connectivity index (χ1v) is 6.26. The van der Waals surface area contributed by atoms with Gasteiger partial charge in [0, 0.05) is 12.6 Å². The van der Waals surface area contributed by atoms with E-state index >= 15 is 0 Å². The molecule has 0 radical (unpaired) electrons. The number of halogens is 2. The fourth-order valence-electron chi connectivity index (χ4n) is 2.03. The molecule has 0 aliphatic heterocycles. The van der Waals surface area contributed by atoms with Gasteiger partial charge in [0.2, 0.25) is 5.91 Å². The summed E-state index contributed by atoms with van der Waals surface area (Å²) in [7, 11) is 4.14. The number of rotatable bonds is 7. The molecule has 0 spiro atoms. The van der Waals surface area contributed by atoms with Crippen LogP contribution >= 0.6 is 24.8 Å². The average Bonchev–Trinajstić information content (AvgIpc) is 3.01. The van der Waals surface area contributed by atoms with Crippen molar-refractivity contribution >= 4 is 30.7 Å². The van der Waals surface area contributed by atoms with Gasteiger partial charge in [-0.15, -0.1) is 24.8 Å². The Balaban J connectivity index is 0. The summed E-state index contributed by atoms with van der Waals surface area (Å²) in [4.78, 5) is 13.8. The minimum atomic E-state index is -0.341. The van der Waals surface area contributed by atoms with Crippen molar-refractivity contribution in [1.29, 1.82) is 0 Å². The van der Waals surface area contributed by atoms with E-state index in [0.717, 1.165) is 25.3 Å². The predicted octanol–water partition coefficient (Wildman–Crippen LogP) is 1.41. The van der Waals surface area contributed by atoms with E-state index in [9.17, 15) is 4.79 Å². The van der Waals surface area contributed by atoms with Crippen LogP contribution in [0.15, 0.2) is 0 Å². The molecule has 18 heavy (non-hydrogen) atoms. The highest BCUT2D eigenvalue weighted by atomic mass is 35.5. The number of carbonyl (C=O) groups is 1. The molecule has 0 aromatic carbocycles. The summed E-state index contributed by atoms with van der Waals surface area (Å²) >= 11 is 0. The molecule has 0 heterocycles. The van der Waals surface area contributed by atoms with Crippen molar-refractivity contribution in [2.75, 3.05) is 20.6 Å². The van der Waals surface area contributed by atoms with Gasteiger partial charge in [-0.25, -0.2) is 0 Å². The SMILES string of the molecule is CCCC(N)C(=O)NCC(C1CC1)N(C)C.Cl.Cl. The molecule has 2 unspecified atom stereocenters. The first-order valence-electron chi connectivity index (χ1n) is 6.26. The first kappa shape index (κ1) is 20.3. The molecule has 1 saturated carbocycles. The van der Waals surface area contributed by atoms with Crippen LogP contribution < -0.4 is 11.1 Å². The van der Waals surface area contributed by atoms with Gasteiger partial charge in [-0.2, -0.15) is 0 Å². The number of hydrogen-bond acceptors (Lipinski definition) is 3. The third-order valence-corrected chi connectivity index (χ3v) is 3.25. The Bertz CT molecular complexity index is 233. The van der Waals surface area contributed by atoms with Gasteiger partial charge in [0.15, 0.2) is 0 Å². The zero-order chi connectivity index (χ0) is 12.1. The van der Waals surface area contributed by atoms with Crippen LogP contribution in [0, 0.1) is 5.92 Å². The minimum absolute atomic E-state index is 0. The number of hydrogen-bond donors (Lipinski definition) is 2. The van der Waals surface area contributed by atoms with E-state index in [-0.39, 0.29) is 36.8 Å². The van der Waals surface area contributed by atoms with Crippen LogP contribution in [-0.4, -0.2) is 43.5 Å². The van der Waals surface area contributed by atoms with Crippen LogP contribution in [0.2, 0.25) is 0 Å². The fraction of sp³-hybridized carbons (Fsp3) is 0.917. The van der Waals surface area contributed by atoms with Crippen LogP contribution in [0.5, 0.6) is 0 Å². The lowest BCUT2D eigenvalue weighted by molar-refractivity contribution is -0.122. The maximum atomic E-state index is 11.6. The lowest BCUT2D eigenvalue weighted by Gasteiger charge is -2.25. The Morgan fingerprint density at radius 2 is 1.94 bits per heavy atom. The summed E-state index contributed by atoms with van der Waals surface area (Å²) in [5.41, 5.74) is 5.76. The van der Waals surface area contributed by atoms with Gasteiger partial charge in [-0.1, -0.05) is 13.3 Å². The zero-order valence-electron chi connectivity index (χ0n) is 11.5. The van der Waals surface area contributed by atoms with E-state index in [1.165, 1.54) is 12.8 Å². The second kappa shape index (κ2) is 9.84. The molecule has 0 aromatic rings. The van der Waals surface area contributed by atoms with E-state index in [2.05, 4.69) is 24.3 Å². The monoisotopic (exact) mass is 299 g/mol. The highest BCUT2D eigenvalue weighted by molar-refractivity contribution is 5.85. The largest absolute Gasteiger partial charge is 0.353 e. The Morgan fingerprint density at radius 3 is 2.33 bits per heavy atom. The van der Waals surface area contributed by atoms with Crippen LogP contribution in [0.3, 0.4) is 0 Å². The van der Waals surface area contributed by atoms with E-state index < -0.39 is 0 Å². The maximum absolute atomic E-state index is 11.6. The topological polar surface area (TPSA) is 58.4 Å². The van der Waals surface area contributed by atoms with Gasteiger partial charge >= 0.3 is 0 Å². The normalized spacial score (nSPS) is 17.4. The molecule has 3 N–H and O–H groups in total. The highest BCUT2D eigenvalue weighted by Crippen LogP contribution is 2.34. The molecule has 2 atom stereocenters. The molecule has 0 saturated heterocycles. The van der Waals surface area contributed by atoms with Gasteiger partial charge in [0.05, 0.1) is 6.04 Å². The molecular weight excluding hydrogens is 273 g/mol. The van der Waals surface area contributed by atoms with E-state index in [4.69, 9.17) is 5.73 Å². The highest BCUT2D eigenvalue weighted by Gasteiger charge is 2.32. The van der Waals surface area contributed by atoms with Crippen molar-refractivity contribution in [3.05, 3.63) is 0 Å². The number of nitrogens with zero attached hydrogens (tertiary/aromatic N) is 1. The molecule has 6 heteroatoms. The first-order chi connectivity index (χ1) is 7.56. The number of likely N-dealkylation sites (N-methyl/N-ethyl adjacent to an activating group) is 1. The van der Waals surface area contributed by atoms with Crippen molar-refractivity contribution in [2.45, 2.75) is 44.7 Å². The van der Waals surface area contributed by atoms with Crippen molar-refractivity contribution in [2.24, 2.45) is 11.7 Å². The van der Waals surface area contributed by atoms with Gasteiger partial charge in [-0.05, 0) is 39.3 Å². The number of nitrogens with one attached hydrogen (secondary N) is 1. The van der Waals surface area contributed by atoms with E-state index in [1.54, 1.807) is 0 Å². The third kappa shape index (κ3) is 6.78. The molecule has 0 bridgehead atoms.